The number of halogens is 2. The number of fused-ring (bicyclic) bond motifs is 1. The number of anilines is 1. The summed E-state index contributed by atoms with van der Waals surface area (Å²) in [5.41, 5.74) is 0.231. The number of aromatic nitrogens is 2. The standard InChI is InChI=1S/C19H22F2N4O3/c1-18(2)11-24(10-12-4-5-13(27-3)8-14(12)28-18)17(26)22-16-6-7-25(23-16)15-9-19(15,20)21/h4-8,15H,9-11H2,1-3H3,(H,22,23,26). The van der Waals surface area contributed by atoms with Crippen molar-refractivity contribution in [1.82, 2.24) is 14.7 Å². The van der Waals surface area contributed by atoms with Gasteiger partial charge < -0.3 is 14.4 Å². The Kier molecular flexibility index (Phi) is 4.20. The lowest BCUT2D eigenvalue weighted by Crippen LogP contribution is -2.44. The van der Waals surface area contributed by atoms with Crippen LogP contribution in [0.5, 0.6) is 11.5 Å². The normalized spacial score (nSPS) is 21.9. The highest BCUT2D eigenvalue weighted by molar-refractivity contribution is 5.88. The van der Waals surface area contributed by atoms with Gasteiger partial charge in [0.1, 0.15) is 23.1 Å². The highest BCUT2D eigenvalue weighted by atomic mass is 19.3. The number of rotatable bonds is 3. The second kappa shape index (κ2) is 6.35. The van der Waals surface area contributed by atoms with E-state index in [0.29, 0.717) is 24.6 Å². The molecule has 1 atom stereocenters. The predicted molar refractivity (Wildman–Crippen MR) is 98.0 cm³/mol. The summed E-state index contributed by atoms with van der Waals surface area (Å²) < 4.78 is 38.9. The van der Waals surface area contributed by atoms with Crippen molar-refractivity contribution in [3.63, 3.8) is 0 Å². The molecule has 0 radical (unpaired) electrons. The van der Waals surface area contributed by atoms with Crippen molar-refractivity contribution in [2.75, 3.05) is 19.0 Å². The molecule has 9 heteroatoms. The highest BCUT2D eigenvalue weighted by Gasteiger charge is 2.59. The van der Waals surface area contributed by atoms with Crippen LogP contribution in [-0.2, 0) is 6.54 Å². The summed E-state index contributed by atoms with van der Waals surface area (Å²) in [4.78, 5) is 14.4. The van der Waals surface area contributed by atoms with E-state index in [4.69, 9.17) is 9.47 Å². The van der Waals surface area contributed by atoms with Crippen LogP contribution in [-0.4, -0.2) is 45.9 Å². The van der Waals surface area contributed by atoms with Gasteiger partial charge in [0.05, 0.1) is 20.2 Å². The van der Waals surface area contributed by atoms with Crippen LogP contribution in [0.15, 0.2) is 30.5 Å². The third-order valence-corrected chi connectivity index (χ3v) is 4.84. The molecule has 0 spiro atoms. The van der Waals surface area contributed by atoms with Gasteiger partial charge in [-0.25, -0.2) is 13.6 Å². The van der Waals surface area contributed by atoms with Crippen molar-refractivity contribution >= 4 is 11.8 Å². The molecule has 2 amide bonds. The van der Waals surface area contributed by atoms with Crippen molar-refractivity contribution in [3.8, 4) is 11.5 Å². The van der Waals surface area contributed by atoms with Gasteiger partial charge in [-0.2, -0.15) is 5.10 Å². The molecule has 28 heavy (non-hydrogen) atoms. The molecule has 1 fully saturated rings. The molecular weight excluding hydrogens is 370 g/mol. The van der Waals surface area contributed by atoms with E-state index in [9.17, 15) is 13.6 Å². The topological polar surface area (TPSA) is 68.6 Å². The molecule has 4 rings (SSSR count). The van der Waals surface area contributed by atoms with Crippen LogP contribution in [0.2, 0.25) is 0 Å². The summed E-state index contributed by atoms with van der Waals surface area (Å²) in [6.45, 7) is 4.48. The number of methoxy groups -OCH3 is 1. The Balaban J connectivity index is 1.50. The van der Waals surface area contributed by atoms with Crippen molar-refractivity contribution in [2.24, 2.45) is 0 Å². The Morgan fingerprint density at radius 1 is 1.36 bits per heavy atom. The number of benzene rings is 1. The van der Waals surface area contributed by atoms with Crippen molar-refractivity contribution in [3.05, 3.63) is 36.0 Å². The molecule has 2 aliphatic rings. The number of carbonyl (C=O) groups excluding carboxylic acids is 1. The quantitative estimate of drug-likeness (QED) is 0.865. The van der Waals surface area contributed by atoms with Crippen LogP contribution in [0.4, 0.5) is 19.4 Å². The summed E-state index contributed by atoms with van der Waals surface area (Å²) in [5, 5.41) is 6.75. The molecule has 1 aliphatic heterocycles. The third kappa shape index (κ3) is 3.61. The van der Waals surface area contributed by atoms with E-state index in [-0.39, 0.29) is 18.3 Å². The lowest BCUT2D eigenvalue weighted by molar-refractivity contribution is 0.0832. The van der Waals surface area contributed by atoms with Crippen LogP contribution in [0.3, 0.4) is 0 Å². The van der Waals surface area contributed by atoms with Gasteiger partial charge in [-0.1, -0.05) is 0 Å². The molecule has 7 nitrogen and oxygen atoms in total. The number of hydrogen-bond acceptors (Lipinski definition) is 4. The average molecular weight is 392 g/mol. The SMILES string of the molecule is COc1ccc2c(c1)OC(C)(C)CN(C(=O)Nc1ccn(C3CC3(F)F)n1)C2. The molecule has 0 bridgehead atoms. The van der Waals surface area contributed by atoms with Gasteiger partial charge in [0.15, 0.2) is 5.82 Å². The number of carbonyl (C=O) groups is 1. The Labute approximate surface area is 161 Å². The molecule has 1 N–H and O–H groups in total. The van der Waals surface area contributed by atoms with E-state index in [0.717, 1.165) is 5.56 Å². The summed E-state index contributed by atoms with van der Waals surface area (Å²) in [6, 6.07) is 5.70. The first-order valence-electron chi connectivity index (χ1n) is 9.02. The van der Waals surface area contributed by atoms with Gasteiger partial charge in [0, 0.05) is 30.3 Å². The molecule has 1 aliphatic carbocycles. The van der Waals surface area contributed by atoms with E-state index in [1.54, 1.807) is 18.1 Å². The lowest BCUT2D eigenvalue weighted by Gasteiger charge is -2.29. The minimum atomic E-state index is -2.72. The molecule has 150 valence electrons. The molecule has 2 heterocycles. The molecule has 1 unspecified atom stereocenters. The monoisotopic (exact) mass is 392 g/mol. The van der Waals surface area contributed by atoms with E-state index < -0.39 is 17.6 Å². The van der Waals surface area contributed by atoms with Gasteiger partial charge in [0.25, 0.3) is 5.92 Å². The van der Waals surface area contributed by atoms with E-state index in [2.05, 4.69) is 10.4 Å². The lowest BCUT2D eigenvalue weighted by atomic mass is 10.1. The maximum absolute atomic E-state index is 13.2. The van der Waals surface area contributed by atoms with E-state index >= 15 is 0 Å². The van der Waals surface area contributed by atoms with Gasteiger partial charge in [-0.3, -0.25) is 10.00 Å². The zero-order valence-corrected chi connectivity index (χ0v) is 15.9. The number of alkyl halides is 2. The first-order valence-corrected chi connectivity index (χ1v) is 9.02. The Bertz CT molecular complexity index is 912. The summed E-state index contributed by atoms with van der Waals surface area (Å²) in [6.07, 6.45) is 1.23. The van der Waals surface area contributed by atoms with Crippen molar-refractivity contribution < 1.29 is 23.0 Å². The molecule has 0 saturated heterocycles. The number of nitrogens with one attached hydrogen (secondary N) is 1. The summed E-state index contributed by atoms with van der Waals surface area (Å²) >= 11 is 0. The minimum absolute atomic E-state index is 0.222. The third-order valence-electron chi connectivity index (χ3n) is 4.84. The second-order valence-corrected chi connectivity index (χ2v) is 7.78. The number of nitrogens with zero attached hydrogens (tertiary/aromatic N) is 3. The van der Waals surface area contributed by atoms with Crippen LogP contribution in [0.1, 0.15) is 31.9 Å². The number of ether oxygens (including phenoxy) is 2. The van der Waals surface area contributed by atoms with Crippen LogP contribution in [0, 0.1) is 0 Å². The molecule has 1 aromatic heterocycles. The smallest absolute Gasteiger partial charge is 0.323 e. The maximum Gasteiger partial charge on any atom is 0.323 e. The van der Waals surface area contributed by atoms with Crippen molar-refractivity contribution in [2.45, 2.75) is 44.4 Å². The number of urea groups is 1. The molecule has 1 saturated carbocycles. The van der Waals surface area contributed by atoms with E-state index in [1.165, 1.54) is 16.9 Å². The van der Waals surface area contributed by atoms with Gasteiger partial charge in [-0.05, 0) is 26.0 Å². The highest BCUT2D eigenvalue weighted by Crippen LogP contribution is 2.52. The summed E-state index contributed by atoms with van der Waals surface area (Å²) in [7, 11) is 1.58. The molecular formula is C19H22F2N4O3. The predicted octanol–water partition coefficient (Wildman–Crippen LogP) is 3.68. The molecule has 1 aromatic carbocycles. The van der Waals surface area contributed by atoms with Gasteiger partial charge in [0.2, 0.25) is 0 Å². The zero-order chi connectivity index (χ0) is 20.1. The van der Waals surface area contributed by atoms with Crippen molar-refractivity contribution in [1.29, 1.82) is 0 Å². The van der Waals surface area contributed by atoms with Gasteiger partial charge >= 0.3 is 6.03 Å². The largest absolute Gasteiger partial charge is 0.497 e. The minimum Gasteiger partial charge on any atom is -0.497 e. The number of hydrogen-bond donors (Lipinski definition) is 1. The second-order valence-electron chi connectivity index (χ2n) is 7.78. The fraction of sp³-hybridized carbons (Fsp3) is 0.474. The number of amides is 2. The fourth-order valence-electron chi connectivity index (χ4n) is 3.33. The average Bonchev–Trinajstić information content (AvgIpc) is 3.06. The fourth-order valence-corrected chi connectivity index (χ4v) is 3.33. The Morgan fingerprint density at radius 3 is 2.79 bits per heavy atom. The van der Waals surface area contributed by atoms with E-state index in [1.807, 2.05) is 26.0 Å². The zero-order valence-electron chi connectivity index (χ0n) is 15.9. The van der Waals surface area contributed by atoms with Crippen LogP contribution < -0.4 is 14.8 Å². The van der Waals surface area contributed by atoms with Gasteiger partial charge in [-0.15, -0.1) is 0 Å². The van der Waals surface area contributed by atoms with Crippen LogP contribution in [0.25, 0.3) is 0 Å². The Morgan fingerprint density at radius 2 is 2.11 bits per heavy atom. The van der Waals surface area contributed by atoms with Crippen LogP contribution >= 0.6 is 0 Å². The first-order chi connectivity index (χ1) is 13.2. The molecule has 2 aromatic rings. The first kappa shape index (κ1) is 18.5. The summed E-state index contributed by atoms with van der Waals surface area (Å²) in [5.74, 6) is -1.13. The maximum atomic E-state index is 13.2. The Hall–Kier alpha value is -2.84.